The Labute approximate surface area is 171 Å². The molecule has 6 heteroatoms. The van der Waals surface area contributed by atoms with Crippen molar-refractivity contribution >= 4 is 17.3 Å². The summed E-state index contributed by atoms with van der Waals surface area (Å²) in [6.45, 7) is 4.71. The minimum Gasteiger partial charge on any atom is -0.507 e. The molecule has 1 aliphatic rings. The fourth-order valence-corrected chi connectivity index (χ4v) is 3.71. The van der Waals surface area contributed by atoms with Crippen molar-refractivity contribution in [3.8, 4) is 11.5 Å². The molecule has 0 heterocycles. The van der Waals surface area contributed by atoms with E-state index in [0.717, 1.165) is 19.5 Å². The number of hydrogen-bond acceptors (Lipinski definition) is 6. The quantitative estimate of drug-likeness (QED) is 0.290. The van der Waals surface area contributed by atoms with Crippen LogP contribution in [0.4, 0.5) is 5.69 Å². The molecule has 6 nitrogen and oxygen atoms in total. The molecule has 154 valence electrons. The second-order valence-corrected chi connectivity index (χ2v) is 7.54. The molecule has 3 N–H and O–H groups in total. The predicted octanol–water partition coefficient (Wildman–Crippen LogP) is 3.80. The Bertz CT molecular complexity index is 923. The topological polar surface area (TPSA) is 89.9 Å². The minimum atomic E-state index is -0.456. The summed E-state index contributed by atoms with van der Waals surface area (Å²) in [5, 5.41) is 24.2. The van der Waals surface area contributed by atoms with Crippen LogP contribution in [-0.2, 0) is 0 Å². The molecule has 2 aromatic carbocycles. The molecule has 29 heavy (non-hydrogen) atoms. The molecular formula is C23H28N2O4. The van der Waals surface area contributed by atoms with Gasteiger partial charge >= 0.3 is 0 Å². The van der Waals surface area contributed by atoms with E-state index in [9.17, 15) is 19.8 Å². The van der Waals surface area contributed by atoms with Gasteiger partial charge in [-0.2, -0.15) is 0 Å². The number of carbonyl (C=O) groups is 2. The Morgan fingerprint density at radius 3 is 2.21 bits per heavy atom. The van der Waals surface area contributed by atoms with Crippen LogP contribution in [0.3, 0.4) is 0 Å². The van der Waals surface area contributed by atoms with Gasteiger partial charge < -0.3 is 20.4 Å². The average molecular weight is 396 g/mol. The van der Waals surface area contributed by atoms with Crippen LogP contribution in [0.1, 0.15) is 64.4 Å². The lowest BCUT2D eigenvalue weighted by atomic mass is 9.82. The lowest BCUT2D eigenvalue weighted by molar-refractivity contribution is 0.0974. The van der Waals surface area contributed by atoms with Gasteiger partial charge in [0, 0.05) is 23.7 Å². The molecule has 0 unspecified atom stereocenters. The number of hydrogen-bond donors (Lipinski definition) is 3. The molecule has 0 saturated carbocycles. The van der Waals surface area contributed by atoms with Gasteiger partial charge in [0.1, 0.15) is 5.75 Å². The number of fused-ring (bicyclic) bond motifs is 2. The largest absolute Gasteiger partial charge is 0.507 e. The van der Waals surface area contributed by atoms with Crippen molar-refractivity contribution in [1.29, 1.82) is 0 Å². The number of phenols is 2. The Balaban J connectivity index is 1.72. The molecule has 0 atom stereocenters. The fourth-order valence-electron chi connectivity index (χ4n) is 3.71. The van der Waals surface area contributed by atoms with E-state index in [2.05, 4.69) is 24.2 Å². The molecule has 0 fully saturated rings. The van der Waals surface area contributed by atoms with Crippen molar-refractivity contribution in [1.82, 2.24) is 4.90 Å². The third-order valence-electron chi connectivity index (χ3n) is 5.33. The van der Waals surface area contributed by atoms with Crippen molar-refractivity contribution < 1.29 is 19.8 Å². The number of benzene rings is 2. The Kier molecular flexibility index (Phi) is 6.54. The normalized spacial score (nSPS) is 12.8. The minimum absolute atomic E-state index is 0.132. The standard InChI is InChI=1S/C23H28N2O4/c1-3-4-7-12-25(2)13-8-11-24-17-14-18(26)19-20(23(17)29)22(28)16-10-6-5-9-15(16)21(19)27/h5-6,9-10,14,24,26,29H,3-4,7-8,11-13H2,1-2H3. The highest BCUT2D eigenvalue weighted by Gasteiger charge is 2.35. The zero-order chi connectivity index (χ0) is 21.0. The van der Waals surface area contributed by atoms with E-state index in [1.165, 1.54) is 25.3 Å². The number of phenolic OH excluding ortho intramolecular Hbond substituents is 2. The van der Waals surface area contributed by atoms with Crippen molar-refractivity contribution in [3.63, 3.8) is 0 Å². The first kappa shape index (κ1) is 20.9. The summed E-state index contributed by atoms with van der Waals surface area (Å²) in [6.07, 6.45) is 4.44. The molecule has 0 aromatic heterocycles. The number of anilines is 1. The van der Waals surface area contributed by atoms with Crippen LogP contribution in [0.5, 0.6) is 11.5 Å². The maximum Gasteiger partial charge on any atom is 0.198 e. The highest BCUT2D eigenvalue weighted by Crippen LogP contribution is 2.42. The number of rotatable bonds is 9. The van der Waals surface area contributed by atoms with E-state index < -0.39 is 11.6 Å². The average Bonchev–Trinajstić information content (AvgIpc) is 2.71. The number of nitrogens with zero attached hydrogens (tertiary/aromatic N) is 1. The highest BCUT2D eigenvalue weighted by molar-refractivity contribution is 6.30. The van der Waals surface area contributed by atoms with Gasteiger partial charge in [-0.1, -0.05) is 44.0 Å². The van der Waals surface area contributed by atoms with Crippen LogP contribution >= 0.6 is 0 Å². The monoisotopic (exact) mass is 396 g/mol. The van der Waals surface area contributed by atoms with Crippen LogP contribution in [0, 0.1) is 0 Å². The Morgan fingerprint density at radius 2 is 1.55 bits per heavy atom. The molecule has 1 aliphatic carbocycles. The van der Waals surface area contributed by atoms with Crippen molar-refractivity contribution in [3.05, 3.63) is 52.6 Å². The second-order valence-electron chi connectivity index (χ2n) is 7.54. The van der Waals surface area contributed by atoms with Crippen LogP contribution < -0.4 is 5.32 Å². The summed E-state index contributed by atoms with van der Waals surface area (Å²) in [7, 11) is 2.08. The molecule has 0 bridgehead atoms. The maximum absolute atomic E-state index is 12.9. The van der Waals surface area contributed by atoms with E-state index in [-0.39, 0.29) is 39.4 Å². The first-order chi connectivity index (χ1) is 14.0. The third kappa shape index (κ3) is 4.27. The summed E-state index contributed by atoms with van der Waals surface area (Å²) in [6, 6.07) is 7.77. The first-order valence-corrected chi connectivity index (χ1v) is 10.2. The fraction of sp³-hybridized carbons (Fsp3) is 0.391. The van der Waals surface area contributed by atoms with E-state index in [4.69, 9.17) is 0 Å². The lowest BCUT2D eigenvalue weighted by Crippen LogP contribution is -2.23. The SMILES string of the molecule is CCCCCN(C)CCCNc1cc(O)c2c(c1O)C(=O)c1ccccc1C2=O. The number of ketones is 2. The van der Waals surface area contributed by atoms with Gasteiger partial charge in [-0.25, -0.2) is 0 Å². The zero-order valence-corrected chi connectivity index (χ0v) is 17.0. The molecule has 3 rings (SSSR count). The van der Waals surface area contributed by atoms with Gasteiger partial charge in [0.2, 0.25) is 0 Å². The van der Waals surface area contributed by atoms with Crippen molar-refractivity contribution in [2.24, 2.45) is 0 Å². The summed E-state index contributed by atoms with van der Waals surface area (Å²) < 4.78 is 0. The van der Waals surface area contributed by atoms with Crippen LogP contribution in [0.15, 0.2) is 30.3 Å². The molecular weight excluding hydrogens is 368 g/mol. The van der Waals surface area contributed by atoms with Gasteiger partial charge in [0.05, 0.1) is 16.8 Å². The van der Waals surface area contributed by atoms with Gasteiger partial charge in [0.15, 0.2) is 17.3 Å². The number of carbonyl (C=O) groups excluding carboxylic acids is 2. The first-order valence-electron chi connectivity index (χ1n) is 10.2. The lowest BCUT2D eigenvalue weighted by Gasteiger charge is -2.21. The number of aromatic hydroxyl groups is 2. The zero-order valence-electron chi connectivity index (χ0n) is 17.0. The van der Waals surface area contributed by atoms with E-state index in [1.54, 1.807) is 24.3 Å². The summed E-state index contributed by atoms with van der Waals surface area (Å²) in [4.78, 5) is 27.9. The summed E-state index contributed by atoms with van der Waals surface area (Å²) in [5.74, 6) is -1.50. The van der Waals surface area contributed by atoms with Gasteiger partial charge in [-0.15, -0.1) is 0 Å². The van der Waals surface area contributed by atoms with Crippen LogP contribution in [-0.4, -0.2) is 53.4 Å². The summed E-state index contributed by atoms with van der Waals surface area (Å²) >= 11 is 0. The molecule has 0 saturated heterocycles. The molecule has 0 spiro atoms. The van der Waals surface area contributed by atoms with Crippen LogP contribution in [0.25, 0.3) is 0 Å². The Morgan fingerprint density at radius 1 is 0.931 bits per heavy atom. The molecule has 0 amide bonds. The van der Waals surface area contributed by atoms with Crippen LogP contribution in [0.2, 0.25) is 0 Å². The number of nitrogens with one attached hydrogen (secondary N) is 1. The maximum atomic E-state index is 12.9. The van der Waals surface area contributed by atoms with Gasteiger partial charge in [-0.05, 0) is 33.0 Å². The predicted molar refractivity (Wildman–Crippen MR) is 113 cm³/mol. The van der Waals surface area contributed by atoms with Gasteiger partial charge in [-0.3, -0.25) is 9.59 Å². The van der Waals surface area contributed by atoms with Gasteiger partial charge in [0.25, 0.3) is 0 Å². The van der Waals surface area contributed by atoms with E-state index in [0.29, 0.717) is 6.54 Å². The van der Waals surface area contributed by atoms with E-state index in [1.807, 2.05) is 0 Å². The molecule has 0 aliphatic heterocycles. The molecule has 2 aromatic rings. The van der Waals surface area contributed by atoms with Crippen molar-refractivity contribution in [2.45, 2.75) is 32.6 Å². The van der Waals surface area contributed by atoms with Crippen molar-refractivity contribution in [2.75, 3.05) is 32.0 Å². The highest BCUT2D eigenvalue weighted by atomic mass is 16.3. The third-order valence-corrected chi connectivity index (χ3v) is 5.33. The second kappa shape index (κ2) is 9.09. The number of unbranched alkanes of at least 4 members (excludes halogenated alkanes) is 2. The smallest absolute Gasteiger partial charge is 0.198 e. The summed E-state index contributed by atoms with van der Waals surface area (Å²) in [5.41, 5.74) is 0.479. The molecule has 0 radical (unpaired) electrons. The van der Waals surface area contributed by atoms with E-state index >= 15 is 0 Å². The Hall–Kier alpha value is -2.86.